The van der Waals surface area contributed by atoms with E-state index in [2.05, 4.69) is 127 Å². The summed E-state index contributed by atoms with van der Waals surface area (Å²) >= 11 is 0. The number of ether oxygens (including phenoxy) is 4. The van der Waals surface area contributed by atoms with Crippen LogP contribution in [0.15, 0.2) is 109 Å². The van der Waals surface area contributed by atoms with E-state index in [9.17, 15) is 33.1 Å². The Labute approximate surface area is 398 Å². The second-order valence-electron chi connectivity index (χ2n) is 16.3. The molecule has 0 saturated carbocycles. The van der Waals surface area contributed by atoms with Gasteiger partial charge in [-0.1, -0.05) is 162 Å². The molecular formula is C53H86O12S. The Morgan fingerprint density at radius 1 is 0.576 bits per heavy atom. The fraction of sp³-hybridized carbons (Fsp3) is 0.642. The van der Waals surface area contributed by atoms with Gasteiger partial charge in [-0.3, -0.25) is 9.35 Å². The molecule has 66 heavy (non-hydrogen) atoms. The molecule has 0 spiro atoms. The molecule has 1 rings (SSSR count). The maximum absolute atomic E-state index is 12.9. The highest BCUT2D eigenvalue weighted by molar-refractivity contribution is 7.80. The zero-order chi connectivity index (χ0) is 48.2. The van der Waals surface area contributed by atoms with E-state index in [-0.39, 0.29) is 19.6 Å². The number of carbonyl (C=O) groups excluding carboxylic acids is 1. The minimum atomic E-state index is -5.08. The van der Waals surface area contributed by atoms with Crippen molar-refractivity contribution in [3.63, 3.8) is 0 Å². The third kappa shape index (κ3) is 35.9. The lowest BCUT2D eigenvalue weighted by Crippen LogP contribution is -2.60. The SMILES string of the molecule is CC/C=C\C/C=C\C/C=C\C/C=C\C/C=C\CCCCCCOCC(COC1OC(CO)C(O)C(OS(=O)(=O)O)C1O)OC(=O)CCCCCCCC/C=C\C/C=C\C/C=C\C/C=C\CC. The summed E-state index contributed by atoms with van der Waals surface area (Å²) in [6.07, 6.45) is 51.1. The molecule has 4 N–H and O–H groups in total. The van der Waals surface area contributed by atoms with Gasteiger partial charge in [-0.15, -0.1) is 0 Å². The largest absolute Gasteiger partial charge is 0.457 e. The maximum Gasteiger partial charge on any atom is 0.397 e. The van der Waals surface area contributed by atoms with E-state index in [0.29, 0.717) is 13.0 Å². The Morgan fingerprint density at radius 3 is 1.45 bits per heavy atom. The predicted molar refractivity (Wildman–Crippen MR) is 266 cm³/mol. The molecule has 13 heteroatoms. The van der Waals surface area contributed by atoms with Crippen LogP contribution >= 0.6 is 0 Å². The topological polar surface area (TPSA) is 178 Å². The van der Waals surface area contributed by atoms with Crippen molar-refractivity contribution < 1.29 is 56.2 Å². The average molecular weight is 947 g/mol. The van der Waals surface area contributed by atoms with Crippen LogP contribution in [0, 0.1) is 0 Å². The first-order valence-electron chi connectivity index (χ1n) is 24.6. The lowest BCUT2D eigenvalue weighted by molar-refractivity contribution is -0.301. The Bertz CT molecular complexity index is 1560. The number of hydrogen-bond acceptors (Lipinski definition) is 11. The zero-order valence-corrected chi connectivity index (χ0v) is 41.0. The zero-order valence-electron chi connectivity index (χ0n) is 40.2. The summed E-state index contributed by atoms with van der Waals surface area (Å²) in [5.41, 5.74) is 0. The van der Waals surface area contributed by atoms with Crippen LogP contribution in [0.25, 0.3) is 0 Å². The van der Waals surface area contributed by atoms with E-state index in [1.165, 1.54) is 0 Å². The van der Waals surface area contributed by atoms with Crippen molar-refractivity contribution in [1.82, 2.24) is 0 Å². The van der Waals surface area contributed by atoms with E-state index in [4.69, 9.17) is 18.9 Å². The molecule has 1 heterocycles. The number of aliphatic hydroxyl groups is 3. The molecule has 1 aliphatic rings. The quantitative estimate of drug-likeness (QED) is 0.0198. The Kier molecular flexibility index (Phi) is 39.7. The number of rotatable bonds is 41. The highest BCUT2D eigenvalue weighted by Gasteiger charge is 2.48. The number of aliphatic hydroxyl groups excluding tert-OH is 3. The van der Waals surface area contributed by atoms with Gasteiger partial charge in [0.15, 0.2) is 6.29 Å². The van der Waals surface area contributed by atoms with Crippen molar-refractivity contribution >= 4 is 16.4 Å². The Morgan fingerprint density at radius 2 is 1.00 bits per heavy atom. The van der Waals surface area contributed by atoms with Gasteiger partial charge in [-0.05, 0) is 96.3 Å². The molecule has 0 amide bonds. The van der Waals surface area contributed by atoms with Crippen LogP contribution in [0.2, 0.25) is 0 Å². The van der Waals surface area contributed by atoms with Crippen LogP contribution in [0.1, 0.15) is 155 Å². The Balaban J connectivity index is 2.43. The van der Waals surface area contributed by atoms with Crippen molar-refractivity contribution in [3.05, 3.63) is 109 Å². The molecule has 1 saturated heterocycles. The molecule has 1 fully saturated rings. The van der Waals surface area contributed by atoms with Gasteiger partial charge in [0.1, 0.15) is 30.5 Å². The van der Waals surface area contributed by atoms with Gasteiger partial charge in [0.25, 0.3) is 0 Å². The molecule has 0 aromatic heterocycles. The predicted octanol–water partition coefficient (Wildman–Crippen LogP) is 11.2. The van der Waals surface area contributed by atoms with Crippen LogP contribution in [0.5, 0.6) is 0 Å². The van der Waals surface area contributed by atoms with Gasteiger partial charge in [-0.25, -0.2) is 4.18 Å². The monoisotopic (exact) mass is 947 g/mol. The lowest BCUT2D eigenvalue weighted by atomic mass is 9.99. The first-order chi connectivity index (χ1) is 32.1. The van der Waals surface area contributed by atoms with Crippen molar-refractivity contribution in [1.29, 1.82) is 0 Å². The van der Waals surface area contributed by atoms with E-state index in [1.807, 2.05) is 0 Å². The molecule has 0 aromatic rings. The van der Waals surface area contributed by atoms with Gasteiger partial charge in [0, 0.05) is 13.0 Å². The summed E-state index contributed by atoms with van der Waals surface area (Å²) < 4.78 is 59.2. The summed E-state index contributed by atoms with van der Waals surface area (Å²) in [5.74, 6) is -0.428. The number of carbonyl (C=O) groups is 1. The molecular weight excluding hydrogens is 861 g/mol. The minimum absolute atomic E-state index is 0.00483. The van der Waals surface area contributed by atoms with Crippen molar-refractivity contribution in [2.24, 2.45) is 0 Å². The van der Waals surface area contributed by atoms with Crippen molar-refractivity contribution in [2.45, 2.75) is 192 Å². The van der Waals surface area contributed by atoms with E-state index >= 15 is 0 Å². The van der Waals surface area contributed by atoms with Gasteiger partial charge in [-0.2, -0.15) is 8.42 Å². The first kappa shape index (κ1) is 60.8. The number of esters is 1. The van der Waals surface area contributed by atoms with Crippen LogP contribution in [0.3, 0.4) is 0 Å². The second kappa shape index (κ2) is 43.1. The van der Waals surface area contributed by atoms with E-state index < -0.39 is 59.8 Å². The molecule has 6 atom stereocenters. The van der Waals surface area contributed by atoms with Gasteiger partial charge >= 0.3 is 16.4 Å². The van der Waals surface area contributed by atoms with Crippen LogP contribution < -0.4 is 0 Å². The normalized spacial score (nSPS) is 20.5. The molecule has 0 bridgehead atoms. The van der Waals surface area contributed by atoms with Crippen molar-refractivity contribution in [3.8, 4) is 0 Å². The van der Waals surface area contributed by atoms with E-state index in [1.54, 1.807) is 0 Å². The van der Waals surface area contributed by atoms with Crippen molar-refractivity contribution in [2.75, 3.05) is 26.4 Å². The Hall–Kier alpha value is -3.24. The van der Waals surface area contributed by atoms with Crippen LogP contribution in [-0.4, -0.2) is 97.5 Å². The third-order valence-electron chi connectivity index (χ3n) is 10.4. The first-order valence-corrected chi connectivity index (χ1v) is 26.0. The number of unbranched alkanes of at least 4 members (excludes halogenated alkanes) is 10. The molecule has 1 aliphatic heterocycles. The molecule has 0 radical (unpaired) electrons. The smallest absolute Gasteiger partial charge is 0.397 e. The number of hydrogen-bond donors (Lipinski definition) is 4. The summed E-state index contributed by atoms with van der Waals surface area (Å²) in [5, 5.41) is 30.7. The fourth-order valence-electron chi connectivity index (χ4n) is 6.75. The molecule has 12 nitrogen and oxygen atoms in total. The van der Waals surface area contributed by atoms with E-state index in [0.717, 1.165) is 128 Å². The molecule has 6 unspecified atom stereocenters. The van der Waals surface area contributed by atoms with Gasteiger partial charge < -0.3 is 34.3 Å². The van der Waals surface area contributed by atoms with Crippen LogP contribution in [0.4, 0.5) is 0 Å². The minimum Gasteiger partial charge on any atom is -0.457 e. The molecule has 0 aromatic carbocycles. The maximum atomic E-state index is 12.9. The van der Waals surface area contributed by atoms with Crippen LogP contribution in [-0.2, 0) is 38.3 Å². The lowest BCUT2D eigenvalue weighted by Gasteiger charge is -2.41. The second-order valence-corrected chi connectivity index (χ2v) is 17.3. The summed E-state index contributed by atoms with van der Waals surface area (Å²) in [6.45, 7) is 3.66. The fourth-order valence-corrected chi connectivity index (χ4v) is 7.26. The summed E-state index contributed by atoms with van der Waals surface area (Å²) in [6, 6.07) is 0. The summed E-state index contributed by atoms with van der Waals surface area (Å²) in [4.78, 5) is 12.9. The van der Waals surface area contributed by atoms with Gasteiger partial charge in [0.2, 0.25) is 0 Å². The summed E-state index contributed by atoms with van der Waals surface area (Å²) in [7, 11) is -5.08. The average Bonchev–Trinajstić information content (AvgIpc) is 3.29. The highest BCUT2D eigenvalue weighted by Crippen LogP contribution is 2.26. The molecule has 0 aliphatic carbocycles. The van der Waals surface area contributed by atoms with Gasteiger partial charge in [0.05, 0.1) is 19.8 Å². The number of allylic oxidation sites excluding steroid dienone is 18. The third-order valence-corrected chi connectivity index (χ3v) is 10.9. The standard InChI is InChI=1S/C53H86O12S/c1-3-5-7-9-11-13-15-17-19-21-23-25-27-29-31-33-35-37-39-41-43-61-45-47(46-62-53-51(57)52(65-66(58,59)60)50(56)48(44-54)64-53)63-49(55)42-40-38-36-34-32-30-28-26-24-22-20-18-16-14-12-10-8-6-4-2/h5-8,11-14,17-20,23-26,29,31,47-48,50-54,56-57H,3-4,9-10,15-16,21-22,27-28,30,32-46H2,1-2H3,(H,58,59,60)/b7-5-,8-6-,13-11-,14-12-,19-17-,20-18-,25-23-,26-24-,31-29-. The molecule has 376 valence electrons. The highest BCUT2D eigenvalue weighted by atomic mass is 32.3.